The second kappa shape index (κ2) is 6.97. The van der Waals surface area contributed by atoms with Crippen molar-refractivity contribution in [2.24, 2.45) is 11.8 Å². The molecule has 5 nitrogen and oxygen atoms in total. The van der Waals surface area contributed by atoms with Gasteiger partial charge in [-0.25, -0.2) is 4.79 Å². The number of hydrogen-bond donors (Lipinski definition) is 3. The van der Waals surface area contributed by atoms with Crippen molar-refractivity contribution < 1.29 is 9.90 Å². The SMILES string of the molecule is Nc1ccc([C@H]2CC(C3CCNCC3)CCN2C(=O)O)cc1Cl. The van der Waals surface area contributed by atoms with Gasteiger partial charge in [-0.2, -0.15) is 0 Å². The Morgan fingerprint density at radius 1 is 1.26 bits per heavy atom. The number of halogens is 1. The average Bonchev–Trinajstić information content (AvgIpc) is 2.57. The zero-order valence-corrected chi connectivity index (χ0v) is 13.9. The normalized spacial score (nSPS) is 26.2. The predicted octanol–water partition coefficient (Wildman–Crippen LogP) is 3.35. The van der Waals surface area contributed by atoms with Crippen molar-refractivity contribution in [1.29, 1.82) is 0 Å². The van der Waals surface area contributed by atoms with E-state index in [2.05, 4.69) is 5.32 Å². The highest BCUT2D eigenvalue weighted by molar-refractivity contribution is 6.33. The first-order chi connectivity index (χ1) is 11.1. The minimum absolute atomic E-state index is 0.126. The Labute approximate surface area is 141 Å². The topological polar surface area (TPSA) is 78.6 Å². The van der Waals surface area contributed by atoms with Crippen LogP contribution >= 0.6 is 11.6 Å². The molecule has 0 bridgehead atoms. The van der Waals surface area contributed by atoms with Crippen LogP contribution < -0.4 is 11.1 Å². The van der Waals surface area contributed by atoms with Gasteiger partial charge in [-0.05, 0) is 68.3 Å². The number of carboxylic acid groups (broad SMARTS) is 1. The Morgan fingerprint density at radius 2 is 2.00 bits per heavy atom. The van der Waals surface area contributed by atoms with Crippen molar-refractivity contribution in [3.8, 4) is 0 Å². The van der Waals surface area contributed by atoms with Crippen LogP contribution in [0.1, 0.15) is 37.3 Å². The summed E-state index contributed by atoms with van der Waals surface area (Å²) in [5.74, 6) is 1.27. The molecule has 126 valence electrons. The van der Waals surface area contributed by atoms with Gasteiger partial charge >= 0.3 is 6.09 Å². The van der Waals surface area contributed by atoms with Gasteiger partial charge in [-0.3, -0.25) is 0 Å². The molecular formula is C17H24ClN3O2. The fourth-order valence-corrected chi connectivity index (χ4v) is 4.22. The van der Waals surface area contributed by atoms with Crippen molar-refractivity contribution in [2.45, 2.75) is 31.7 Å². The summed E-state index contributed by atoms with van der Waals surface area (Å²) < 4.78 is 0. The van der Waals surface area contributed by atoms with Crippen LogP contribution in [0.25, 0.3) is 0 Å². The highest BCUT2D eigenvalue weighted by Gasteiger charge is 2.36. The van der Waals surface area contributed by atoms with Crippen molar-refractivity contribution in [3.63, 3.8) is 0 Å². The van der Waals surface area contributed by atoms with Crippen LogP contribution in [0.3, 0.4) is 0 Å². The molecule has 1 aromatic rings. The Morgan fingerprint density at radius 3 is 2.65 bits per heavy atom. The molecule has 4 N–H and O–H groups in total. The summed E-state index contributed by atoms with van der Waals surface area (Å²) in [6.07, 6.45) is 3.35. The summed E-state index contributed by atoms with van der Waals surface area (Å²) in [4.78, 5) is 13.2. The quantitative estimate of drug-likeness (QED) is 0.723. The molecule has 2 aliphatic heterocycles. The van der Waals surface area contributed by atoms with E-state index in [9.17, 15) is 9.90 Å². The van der Waals surface area contributed by atoms with Crippen LogP contribution in [0.15, 0.2) is 18.2 Å². The number of nitrogen functional groups attached to an aromatic ring is 1. The number of likely N-dealkylation sites (tertiary alicyclic amines) is 1. The molecule has 2 fully saturated rings. The van der Waals surface area contributed by atoms with Gasteiger partial charge in [0.05, 0.1) is 16.8 Å². The van der Waals surface area contributed by atoms with Gasteiger partial charge in [0.1, 0.15) is 0 Å². The number of piperidine rings is 2. The lowest BCUT2D eigenvalue weighted by Crippen LogP contribution is -2.43. The van der Waals surface area contributed by atoms with Gasteiger partial charge in [-0.1, -0.05) is 17.7 Å². The molecule has 1 unspecified atom stereocenters. The van der Waals surface area contributed by atoms with Crippen LogP contribution in [-0.2, 0) is 0 Å². The van der Waals surface area contributed by atoms with E-state index in [1.165, 1.54) is 12.8 Å². The van der Waals surface area contributed by atoms with Crippen LogP contribution in [-0.4, -0.2) is 35.7 Å². The summed E-state index contributed by atoms with van der Waals surface area (Å²) in [5.41, 5.74) is 7.27. The largest absolute Gasteiger partial charge is 0.465 e. The first kappa shape index (κ1) is 16.4. The second-order valence-electron chi connectivity index (χ2n) is 6.64. The number of amides is 1. The summed E-state index contributed by atoms with van der Waals surface area (Å²) in [6.45, 7) is 2.74. The zero-order valence-electron chi connectivity index (χ0n) is 13.2. The molecule has 0 aliphatic carbocycles. The van der Waals surface area contributed by atoms with E-state index < -0.39 is 6.09 Å². The van der Waals surface area contributed by atoms with E-state index in [4.69, 9.17) is 17.3 Å². The standard InChI is InChI=1S/C17H24ClN3O2/c18-14-9-13(1-2-15(14)19)16-10-12(5-8-21(16)17(22)23)11-3-6-20-7-4-11/h1-2,9,11-12,16,20H,3-8,10,19H2,(H,22,23)/t12?,16-/m1/s1. The second-order valence-corrected chi connectivity index (χ2v) is 7.05. The Balaban J connectivity index is 1.82. The highest BCUT2D eigenvalue weighted by Crippen LogP contribution is 2.41. The van der Waals surface area contributed by atoms with Gasteiger partial charge < -0.3 is 21.1 Å². The van der Waals surface area contributed by atoms with Gasteiger partial charge in [0.15, 0.2) is 0 Å². The monoisotopic (exact) mass is 337 g/mol. The summed E-state index contributed by atoms with van der Waals surface area (Å²) in [7, 11) is 0. The molecule has 1 aromatic carbocycles. The third-order valence-electron chi connectivity index (χ3n) is 5.35. The Bertz CT molecular complexity index is 575. The van der Waals surface area contributed by atoms with Crippen molar-refractivity contribution in [1.82, 2.24) is 10.2 Å². The summed E-state index contributed by atoms with van der Waals surface area (Å²) >= 11 is 6.15. The molecule has 0 spiro atoms. The maximum Gasteiger partial charge on any atom is 0.407 e. The van der Waals surface area contributed by atoms with E-state index in [1.54, 1.807) is 11.0 Å². The molecule has 2 atom stereocenters. The molecule has 1 amide bonds. The Kier molecular flexibility index (Phi) is 4.97. The number of anilines is 1. The molecule has 2 aliphatic rings. The third kappa shape index (κ3) is 3.56. The number of hydrogen-bond acceptors (Lipinski definition) is 3. The molecule has 6 heteroatoms. The number of rotatable bonds is 2. The minimum Gasteiger partial charge on any atom is -0.465 e. The predicted molar refractivity (Wildman–Crippen MR) is 91.7 cm³/mol. The fraction of sp³-hybridized carbons (Fsp3) is 0.588. The summed E-state index contributed by atoms with van der Waals surface area (Å²) in [6, 6.07) is 5.38. The smallest absolute Gasteiger partial charge is 0.407 e. The van der Waals surface area contributed by atoms with Crippen LogP contribution in [0, 0.1) is 11.8 Å². The van der Waals surface area contributed by atoms with E-state index in [1.807, 2.05) is 12.1 Å². The van der Waals surface area contributed by atoms with Gasteiger partial charge in [0, 0.05) is 6.54 Å². The number of benzene rings is 1. The van der Waals surface area contributed by atoms with E-state index in [0.717, 1.165) is 31.5 Å². The highest BCUT2D eigenvalue weighted by atomic mass is 35.5. The maximum atomic E-state index is 11.6. The van der Waals surface area contributed by atoms with E-state index in [-0.39, 0.29) is 6.04 Å². The van der Waals surface area contributed by atoms with Crippen LogP contribution in [0.5, 0.6) is 0 Å². The van der Waals surface area contributed by atoms with Crippen LogP contribution in [0.4, 0.5) is 10.5 Å². The Hall–Kier alpha value is -1.46. The first-order valence-corrected chi connectivity index (χ1v) is 8.69. The van der Waals surface area contributed by atoms with Crippen molar-refractivity contribution in [3.05, 3.63) is 28.8 Å². The van der Waals surface area contributed by atoms with Gasteiger partial charge in [0.2, 0.25) is 0 Å². The number of nitrogens with one attached hydrogen (secondary N) is 1. The van der Waals surface area contributed by atoms with Crippen LogP contribution in [0.2, 0.25) is 5.02 Å². The lowest BCUT2D eigenvalue weighted by atomic mass is 9.76. The lowest BCUT2D eigenvalue weighted by Gasteiger charge is -2.42. The molecule has 3 rings (SSSR count). The van der Waals surface area contributed by atoms with E-state index >= 15 is 0 Å². The molecule has 23 heavy (non-hydrogen) atoms. The fourth-order valence-electron chi connectivity index (χ4n) is 4.03. The zero-order chi connectivity index (χ0) is 16.4. The molecule has 2 heterocycles. The molecule has 0 aromatic heterocycles. The number of carbonyl (C=O) groups is 1. The number of nitrogens with two attached hydrogens (primary N) is 1. The average molecular weight is 338 g/mol. The lowest BCUT2D eigenvalue weighted by molar-refractivity contribution is 0.0687. The first-order valence-electron chi connectivity index (χ1n) is 8.31. The molecule has 0 radical (unpaired) electrons. The van der Waals surface area contributed by atoms with Crippen molar-refractivity contribution >= 4 is 23.4 Å². The molecule has 0 saturated carbocycles. The third-order valence-corrected chi connectivity index (χ3v) is 5.68. The maximum absolute atomic E-state index is 11.6. The summed E-state index contributed by atoms with van der Waals surface area (Å²) in [5, 5.41) is 13.4. The van der Waals surface area contributed by atoms with Gasteiger partial charge in [-0.15, -0.1) is 0 Å². The van der Waals surface area contributed by atoms with Gasteiger partial charge in [0.25, 0.3) is 0 Å². The van der Waals surface area contributed by atoms with E-state index in [0.29, 0.717) is 29.1 Å². The molecular weight excluding hydrogens is 314 g/mol. The molecule has 2 saturated heterocycles. The minimum atomic E-state index is -0.855. The van der Waals surface area contributed by atoms with Crippen molar-refractivity contribution in [2.75, 3.05) is 25.4 Å². The number of nitrogens with zero attached hydrogens (tertiary/aromatic N) is 1.